The molecule has 0 radical (unpaired) electrons. The molecule has 2 rings (SSSR count). The molecule has 0 bridgehead atoms. The van der Waals surface area contributed by atoms with Gasteiger partial charge in [-0.3, -0.25) is 0 Å². The molecule has 1 aliphatic carbocycles. The zero-order chi connectivity index (χ0) is 14.8. The van der Waals surface area contributed by atoms with Gasteiger partial charge in [0, 0.05) is 11.7 Å². The van der Waals surface area contributed by atoms with Crippen molar-refractivity contribution in [3.05, 3.63) is 23.8 Å². The van der Waals surface area contributed by atoms with Crippen molar-refractivity contribution in [1.29, 1.82) is 0 Å². The maximum Gasteiger partial charge on any atom is 0.240 e. The van der Waals surface area contributed by atoms with Crippen LogP contribution in [0.2, 0.25) is 0 Å². The van der Waals surface area contributed by atoms with Gasteiger partial charge in [-0.15, -0.1) is 0 Å². The number of nitrogens with one attached hydrogen (secondary N) is 1. The summed E-state index contributed by atoms with van der Waals surface area (Å²) in [6.45, 7) is 3.98. The molecule has 3 N–H and O–H groups in total. The van der Waals surface area contributed by atoms with Gasteiger partial charge in [0.05, 0.1) is 4.90 Å². The fraction of sp³-hybridized carbons (Fsp3) is 0.600. The lowest BCUT2D eigenvalue weighted by molar-refractivity contribution is 0.399. The number of sulfonamides is 1. The third kappa shape index (κ3) is 3.73. The van der Waals surface area contributed by atoms with Crippen LogP contribution >= 0.6 is 0 Å². The van der Waals surface area contributed by atoms with Gasteiger partial charge in [0.25, 0.3) is 0 Å². The van der Waals surface area contributed by atoms with Gasteiger partial charge in [-0.1, -0.05) is 26.2 Å². The van der Waals surface area contributed by atoms with Gasteiger partial charge in [-0.05, 0) is 49.4 Å². The van der Waals surface area contributed by atoms with Gasteiger partial charge in [0.1, 0.15) is 0 Å². The summed E-state index contributed by atoms with van der Waals surface area (Å²) in [6, 6.07) is 4.99. The maximum atomic E-state index is 12.5. The highest BCUT2D eigenvalue weighted by atomic mass is 32.2. The second-order valence-electron chi connectivity index (χ2n) is 5.92. The summed E-state index contributed by atoms with van der Waals surface area (Å²) in [7, 11) is -3.48. The Labute approximate surface area is 121 Å². The Balaban J connectivity index is 2.21. The molecule has 0 spiro atoms. The van der Waals surface area contributed by atoms with E-state index >= 15 is 0 Å². The minimum atomic E-state index is -3.48. The number of anilines is 1. The Hall–Kier alpha value is -1.07. The van der Waals surface area contributed by atoms with Crippen molar-refractivity contribution in [1.82, 2.24) is 4.72 Å². The predicted octanol–water partition coefficient (Wildman–Crippen LogP) is 2.82. The molecule has 20 heavy (non-hydrogen) atoms. The Morgan fingerprint density at radius 3 is 2.55 bits per heavy atom. The van der Waals surface area contributed by atoms with E-state index < -0.39 is 10.0 Å². The molecule has 0 aliphatic heterocycles. The van der Waals surface area contributed by atoms with Gasteiger partial charge >= 0.3 is 0 Å². The van der Waals surface area contributed by atoms with Crippen molar-refractivity contribution in [2.75, 3.05) is 5.73 Å². The first-order valence-electron chi connectivity index (χ1n) is 7.28. The first kappa shape index (κ1) is 15.3. The SMILES string of the molecule is Cc1cc(N)cc(S(=O)(=O)NC2CCCCCC2C)c1. The molecule has 112 valence electrons. The molecule has 0 aromatic heterocycles. The number of rotatable bonds is 3. The van der Waals surface area contributed by atoms with Crippen LogP contribution in [0.1, 0.15) is 44.6 Å². The predicted molar refractivity (Wildman–Crippen MR) is 81.9 cm³/mol. The third-order valence-electron chi connectivity index (χ3n) is 4.05. The van der Waals surface area contributed by atoms with Crippen molar-refractivity contribution in [2.24, 2.45) is 5.92 Å². The number of nitrogen functional groups attached to an aromatic ring is 1. The number of hydrogen-bond donors (Lipinski definition) is 2. The van der Waals surface area contributed by atoms with E-state index in [0.717, 1.165) is 24.8 Å². The largest absolute Gasteiger partial charge is 0.399 e. The average Bonchev–Trinajstić information content (AvgIpc) is 2.53. The molecule has 4 nitrogen and oxygen atoms in total. The van der Waals surface area contributed by atoms with Gasteiger partial charge < -0.3 is 5.73 Å². The van der Waals surface area contributed by atoms with Crippen LogP contribution in [0.4, 0.5) is 5.69 Å². The van der Waals surface area contributed by atoms with E-state index in [4.69, 9.17) is 5.73 Å². The van der Waals surface area contributed by atoms with Gasteiger partial charge in [-0.2, -0.15) is 0 Å². The van der Waals surface area contributed by atoms with Crippen LogP contribution in [-0.2, 0) is 10.0 Å². The number of aryl methyl sites for hydroxylation is 1. The Morgan fingerprint density at radius 2 is 1.85 bits per heavy atom. The second kappa shape index (κ2) is 6.14. The van der Waals surface area contributed by atoms with E-state index in [2.05, 4.69) is 11.6 Å². The van der Waals surface area contributed by atoms with Crippen LogP contribution in [0, 0.1) is 12.8 Å². The van der Waals surface area contributed by atoms with E-state index in [9.17, 15) is 8.42 Å². The zero-order valence-corrected chi connectivity index (χ0v) is 13.0. The summed E-state index contributed by atoms with van der Waals surface area (Å²) in [6.07, 6.45) is 5.48. The molecule has 2 unspecified atom stereocenters. The van der Waals surface area contributed by atoms with Crippen LogP contribution in [0.3, 0.4) is 0 Å². The fourth-order valence-electron chi connectivity index (χ4n) is 2.87. The van der Waals surface area contributed by atoms with Crippen LogP contribution in [0.25, 0.3) is 0 Å². The summed E-state index contributed by atoms with van der Waals surface area (Å²) in [4.78, 5) is 0.270. The van der Waals surface area contributed by atoms with Gasteiger partial charge in [0.2, 0.25) is 10.0 Å². The first-order chi connectivity index (χ1) is 9.38. The molecule has 1 aromatic rings. The molecule has 0 amide bonds. The maximum absolute atomic E-state index is 12.5. The normalized spacial score (nSPS) is 24.3. The summed E-state index contributed by atoms with van der Waals surface area (Å²) >= 11 is 0. The summed E-state index contributed by atoms with van der Waals surface area (Å²) in [5.41, 5.74) is 7.10. The van der Waals surface area contributed by atoms with E-state index in [1.54, 1.807) is 12.1 Å². The lowest BCUT2D eigenvalue weighted by Gasteiger charge is -2.22. The van der Waals surface area contributed by atoms with E-state index in [1.165, 1.54) is 18.9 Å². The third-order valence-corrected chi connectivity index (χ3v) is 5.52. The molecule has 1 saturated carbocycles. The lowest BCUT2D eigenvalue weighted by Crippen LogP contribution is -2.38. The number of nitrogens with two attached hydrogens (primary N) is 1. The number of benzene rings is 1. The van der Waals surface area contributed by atoms with Crippen molar-refractivity contribution in [3.8, 4) is 0 Å². The van der Waals surface area contributed by atoms with E-state index in [1.807, 2.05) is 6.92 Å². The van der Waals surface area contributed by atoms with Crippen LogP contribution in [0.15, 0.2) is 23.1 Å². The molecule has 1 fully saturated rings. The average molecular weight is 296 g/mol. The Kier molecular flexibility index (Phi) is 4.70. The molecular weight excluding hydrogens is 272 g/mol. The summed E-state index contributed by atoms with van der Waals surface area (Å²) in [5.74, 6) is 0.384. The molecule has 2 atom stereocenters. The minimum Gasteiger partial charge on any atom is -0.399 e. The van der Waals surface area contributed by atoms with E-state index in [0.29, 0.717) is 11.6 Å². The molecule has 0 saturated heterocycles. The van der Waals surface area contributed by atoms with Crippen LogP contribution in [-0.4, -0.2) is 14.5 Å². The highest BCUT2D eigenvalue weighted by Gasteiger charge is 2.26. The van der Waals surface area contributed by atoms with Crippen molar-refractivity contribution in [2.45, 2.75) is 56.9 Å². The molecule has 1 aliphatic rings. The van der Waals surface area contributed by atoms with Crippen molar-refractivity contribution in [3.63, 3.8) is 0 Å². The van der Waals surface area contributed by atoms with E-state index in [-0.39, 0.29) is 10.9 Å². The zero-order valence-electron chi connectivity index (χ0n) is 12.2. The first-order valence-corrected chi connectivity index (χ1v) is 8.76. The van der Waals surface area contributed by atoms with Crippen LogP contribution in [0.5, 0.6) is 0 Å². The Bertz CT molecular complexity index is 549. The van der Waals surface area contributed by atoms with Gasteiger partial charge in [0.15, 0.2) is 0 Å². The van der Waals surface area contributed by atoms with Crippen molar-refractivity contribution >= 4 is 15.7 Å². The Morgan fingerprint density at radius 1 is 1.15 bits per heavy atom. The molecule has 1 aromatic carbocycles. The highest BCUT2D eigenvalue weighted by Crippen LogP contribution is 2.25. The van der Waals surface area contributed by atoms with Crippen LogP contribution < -0.4 is 10.5 Å². The van der Waals surface area contributed by atoms with Gasteiger partial charge in [-0.25, -0.2) is 13.1 Å². The summed E-state index contributed by atoms with van der Waals surface area (Å²) < 4.78 is 27.9. The molecular formula is C15H24N2O2S. The molecule has 5 heteroatoms. The monoisotopic (exact) mass is 296 g/mol. The lowest BCUT2D eigenvalue weighted by atomic mass is 9.98. The smallest absolute Gasteiger partial charge is 0.240 e. The summed E-state index contributed by atoms with van der Waals surface area (Å²) in [5, 5.41) is 0. The van der Waals surface area contributed by atoms with Crippen molar-refractivity contribution < 1.29 is 8.42 Å². The topological polar surface area (TPSA) is 72.2 Å². The quantitative estimate of drug-likeness (QED) is 0.665. The molecule has 0 heterocycles. The fourth-order valence-corrected chi connectivity index (χ4v) is 4.38. The highest BCUT2D eigenvalue weighted by molar-refractivity contribution is 7.89. The standard InChI is InChI=1S/C15H24N2O2S/c1-11-8-13(16)10-14(9-11)20(18,19)17-15-7-5-3-4-6-12(15)2/h8-10,12,15,17H,3-7,16H2,1-2H3. The second-order valence-corrected chi connectivity index (χ2v) is 7.64. The minimum absolute atomic E-state index is 0.0317. The number of hydrogen-bond acceptors (Lipinski definition) is 3.